The van der Waals surface area contributed by atoms with Crippen LogP contribution in [0.1, 0.15) is 62.0 Å². The molecule has 0 spiro atoms. The van der Waals surface area contributed by atoms with E-state index in [2.05, 4.69) is 0 Å². The van der Waals surface area contributed by atoms with Crippen LogP contribution in [0.2, 0.25) is 15.1 Å². The van der Waals surface area contributed by atoms with Gasteiger partial charge in [0.15, 0.2) is 11.6 Å². The lowest BCUT2D eigenvalue weighted by molar-refractivity contribution is -0.137. The van der Waals surface area contributed by atoms with Gasteiger partial charge in [0, 0.05) is 63.5 Å². The van der Waals surface area contributed by atoms with E-state index in [1.165, 1.54) is 0 Å². The van der Waals surface area contributed by atoms with Crippen LogP contribution in [0.3, 0.4) is 0 Å². The third kappa shape index (κ3) is 5.22. The van der Waals surface area contributed by atoms with Crippen LogP contribution in [0.25, 0.3) is 0 Å². The zero-order valence-electron chi connectivity index (χ0n) is 20.6. The van der Waals surface area contributed by atoms with Gasteiger partial charge in [0.2, 0.25) is 0 Å². The van der Waals surface area contributed by atoms with Gasteiger partial charge in [0.25, 0.3) is 0 Å². The van der Waals surface area contributed by atoms with E-state index in [1.54, 1.807) is 30.3 Å². The molecule has 0 bridgehead atoms. The van der Waals surface area contributed by atoms with Gasteiger partial charge in [-0.25, -0.2) is 0 Å². The van der Waals surface area contributed by atoms with Gasteiger partial charge < -0.3 is 14.7 Å². The summed E-state index contributed by atoms with van der Waals surface area (Å²) in [6.45, 7) is 0.430. The SMILES string of the molecule is O=C(O)CCN1C2=C(C(=O)CCC2)C(c2ccc(OCc3ccc(Cl)cc3Cl)c(Cl)c2)C2=C1CCCC2=O. The van der Waals surface area contributed by atoms with Crippen LogP contribution in [0.5, 0.6) is 5.75 Å². The van der Waals surface area contributed by atoms with Crippen molar-refractivity contribution in [2.75, 3.05) is 6.54 Å². The molecule has 1 aliphatic heterocycles. The standard InChI is InChI=1S/C29H26Cl3NO5/c30-18-9-7-17(19(31)14-18)15-38-25-10-8-16(13-20(25)32)27-28-21(3-1-5-23(28)34)33(12-11-26(36)37)22-4-2-6-24(35)29(22)27/h7-10,13-14,27H,1-6,11-12,15H2,(H,36,37). The first-order valence-corrected chi connectivity index (χ1v) is 13.8. The van der Waals surface area contributed by atoms with Crippen molar-refractivity contribution in [3.05, 3.63) is 85.1 Å². The van der Waals surface area contributed by atoms with Gasteiger partial charge in [-0.15, -0.1) is 0 Å². The number of hydrogen-bond acceptors (Lipinski definition) is 5. The number of nitrogens with zero attached hydrogens (tertiary/aromatic N) is 1. The summed E-state index contributed by atoms with van der Waals surface area (Å²) in [6.07, 6.45) is 3.45. The van der Waals surface area contributed by atoms with Gasteiger partial charge in [-0.05, 0) is 55.5 Å². The lowest BCUT2D eigenvalue weighted by atomic mass is 9.71. The van der Waals surface area contributed by atoms with Gasteiger partial charge in [-0.1, -0.05) is 46.9 Å². The molecule has 0 radical (unpaired) electrons. The number of ether oxygens (including phenoxy) is 1. The summed E-state index contributed by atoms with van der Waals surface area (Å²) in [5.41, 5.74) is 4.37. The number of Topliss-reactive ketones (excluding diaryl/α,β-unsaturated/α-hetero) is 2. The van der Waals surface area contributed by atoms with Crippen molar-refractivity contribution >= 4 is 52.3 Å². The zero-order valence-corrected chi connectivity index (χ0v) is 22.8. The molecule has 1 N–H and O–H groups in total. The summed E-state index contributed by atoms with van der Waals surface area (Å²) in [7, 11) is 0. The van der Waals surface area contributed by atoms with Crippen LogP contribution in [0.15, 0.2) is 58.9 Å². The van der Waals surface area contributed by atoms with E-state index in [1.807, 2.05) is 11.0 Å². The molecule has 0 saturated heterocycles. The molecule has 5 rings (SSSR count). The van der Waals surface area contributed by atoms with Crippen molar-refractivity contribution in [1.82, 2.24) is 4.90 Å². The molecule has 1 heterocycles. The molecule has 0 aromatic heterocycles. The topological polar surface area (TPSA) is 83.9 Å². The molecular weight excluding hydrogens is 549 g/mol. The van der Waals surface area contributed by atoms with E-state index in [0.717, 1.165) is 22.5 Å². The summed E-state index contributed by atoms with van der Waals surface area (Å²) in [5.74, 6) is -0.999. The number of rotatable bonds is 7. The third-order valence-corrected chi connectivity index (χ3v) is 8.21. The smallest absolute Gasteiger partial charge is 0.305 e. The van der Waals surface area contributed by atoms with Crippen molar-refractivity contribution < 1.29 is 24.2 Å². The zero-order chi connectivity index (χ0) is 27.0. The molecule has 0 amide bonds. The number of carboxylic acids is 1. The minimum Gasteiger partial charge on any atom is -0.487 e. The third-order valence-electron chi connectivity index (χ3n) is 7.32. The maximum absolute atomic E-state index is 13.3. The quantitative estimate of drug-likeness (QED) is 0.379. The maximum atomic E-state index is 13.3. The predicted molar refractivity (Wildman–Crippen MR) is 146 cm³/mol. The summed E-state index contributed by atoms with van der Waals surface area (Å²) in [4.78, 5) is 40.0. The molecule has 0 fully saturated rings. The summed E-state index contributed by atoms with van der Waals surface area (Å²) in [6, 6.07) is 10.5. The predicted octanol–water partition coefficient (Wildman–Crippen LogP) is 7.11. The molecule has 2 aromatic carbocycles. The fourth-order valence-corrected chi connectivity index (χ4v) is 6.34. The van der Waals surface area contributed by atoms with Crippen molar-refractivity contribution in [1.29, 1.82) is 0 Å². The Hall–Kier alpha value is -2.80. The van der Waals surface area contributed by atoms with Gasteiger partial charge in [0.05, 0.1) is 11.4 Å². The molecule has 2 aliphatic carbocycles. The van der Waals surface area contributed by atoms with Crippen LogP contribution in [0, 0.1) is 0 Å². The molecule has 0 atom stereocenters. The first kappa shape index (κ1) is 26.8. The molecular formula is C29H26Cl3NO5. The number of carbonyl (C=O) groups excluding carboxylic acids is 2. The van der Waals surface area contributed by atoms with E-state index in [-0.39, 0.29) is 31.1 Å². The minimum atomic E-state index is -0.914. The second kappa shape index (κ2) is 11.1. The Morgan fingerprint density at radius 3 is 2.13 bits per heavy atom. The second-order valence-electron chi connectivity index (χ2n) is 9.72. The van der Waals surface area contributed by atoms with Gasteiger partial charge in [0.1, 0.15) is 12.4 Å². The van der Waals surface area contributed by atoms with Gasteiger partial charge in [-0.3, -0.25) is 14.4 Å². The van der Waals surface area contributed by atoms with E-state index < -0.39 is 11.9 Å². The van der Waals surface area contributed by atoms with Crippen molar-refractivity contribution in [3.63, 3.8) is 0 Å². The molecule has 2 aromatic rings. The first-order chi connectivity index (χ1) is 18.2. The fraction of sp³-hybridized carbons (Fsp3) is 0.345. The summed E-state index contributed by atoms with van der Waals surface area (Å²) >= 11 is 18.9. The Bertz CT molecular complexity index is 1350. The number of benzene rings is 2. The van der Waals surface area contributed by atoms with E-state index in [4.69, 9.17) is 39.5 Å². The highest BCUT2D eigenvalue weighted by molar-refractivity contribution is 6.35. The highest BCUT2D eigenvalue weighted by atomic mass is 35.5. The number of carbonyl (C=O) groups is 3. The summed E-state index contributed by atoms with van der Waals surface area (Å²) < 4.78 is 5.93. The van der Waals surface area contributed by atoms with E-state index >= 15 is 0 Å². The molecule has 38 heavy (non-hydrogen) atoms. The number of halogens is 3. The van der Waals surface area contributed by atoms with E-state index in [0.29, 0.717) is 70.5 Å². The highest BCUT2D eigenvalue weighted by Gasteiger charge is 2.43. The molecule has 9 heteroatoms. The average Bonchev–Trinajstić information content (AvgIpc) is 2.87. The lowest BCUT2D eigenvalue weighted by Gasteiger charge is -2.44. The number of hydrogen-bond donors (Lipinski definition) is 1. The number of allylic oxidation sites excluding steroid dienone is 4. The highest BCUT2D eigenvalue weighted by Crippen LogP contribution is 2.49. The molecule has 0 unspecified atom stereocenters. The minimum absolute atomic E-state index is 0.00433. The van der Waals surface area contributed by atoms with Crippen LogP contribution < -0.4 is 4.74 Å². The fourth-order valence-electron chi connectivity index (χ4n) is 5.64. The molecule has 6 nitrogen and oxygen atoms in total. The first-order valence-electron chi connectivity index (χ1n) is 12.6. The van der Waals surface area contributed by atoms with Crippen molar-refractivity contribution in [3.8, 4) is 5.75 Å². The van der Waals surface area contributed by atoms with E-state index in [9.17, 15) is 19.5 Å². The Morgan fingerprint density at radius 1 is 0.895 bits per heavy atom. The van der Waals surface area contributed by atoms with Crippen LogP contribution in [-0.4, -0.2) is 34.1 Å². The Balaban J connectivity index is 1.52. The van der Waals surface area contributed by atoms with Crippen LogP contribution in [-0.2, 0) is 21.0 Å². The Kier molecular flexibility index (Phi) is 7.85. The monoisotopic (exact) mass is 573 g/mol. The van der Waals surface area contributed by atoms with Crippen LogP contribution in [0.4, 0.5) is 0 Å². The number of ketones is 2. The summed E-state index contributed by atoms with van der Waals surface area (Å²) in [5, 5.41) is 10.7. The van der Waals surface area contributed by atoms with Crippen molar-refractivity contribution in [2.24, 2.45) is 0 Å². The number of aliphatic carboxylic acids is 1. The second-order valence-corrected chi connectivity index (χ2v) is 11.0. The van der Waals surface area contributed by atoms with Gasteiger partial charge in [-0.2, -0.15) is 0 Å². The van der Waals surface area contributed by atoms with Crippen molar-refractivity contribution in [2.45, 2.75) is 57.5 Å². The van der Waals surface area contributed by atoms with Crippen LogP contribution >= 0.6 is 34.8 Å². The molecule has 3 aliphatic rings. The maximum Gasteiger partial charge on any atom is 0.305 e. The van der Waals surface area contributed by atoms with Gasteiger partial charge >= 0.3 is 5.97 Å². The Morgan fingerprint density at radius 2 is 1.55 bits per heavy atom. The normalized spacial score (nSPS) is 18.0. The lowest BCUT2D eigenvalue weighted by Crippen LogP contribution is -2.39. The largest absolute Gasteiger partial charge is 0.487 e. The number of carboxylic acid groups (broad SMARTS) is 1. The Labute approximate surface area is 235 Å². The molecule has 0 saturated carbocycles. The average molecular weight is 575 g/mol. The molecule has 198 valence electrons.